The molecule has 7 atom stereocenters. The molecule has 5 heterocycles. The number of ketones is 1. The zero-order valence-corrected chi connectivity index (χ0v) is 35.3. The largest absolute Gasteiger partial charge is 0.496 e. The summed E-state index contributed by atoms with van der Waals surface area (Å²) in [5.41, 5.74) is -1.78. The number of carbonyl (C=O) groups excluding carboxylic acids is 5. The molecule has 2 aromatic carbocycles. The Bertz CT molecular complexity index is 2350. The van der Waals surface area contributed by atoms with Gasteiger partial charge in [0.25, 0.3) is 0 Å². The summed E-state index contributed by atoms with van der Waals surface area (Å²) in [5, 5.41) is 14.1. The lowest BCUT2D eigenvalue weighted by Gasteiger charge is -2.63. The highest BCUT2D eigenvalue weighted by Gasteiger charge is 2.80. The minimum atomic E-state index is -2.37. The molecule has 14 heteroatoms. The van der Waals surface area contributed by atoms with E-state index in [2.05, 4.69) is 9.88 Å². The highest BCUT2D eigenvalue weighted by atomic mass is 16.6. The van der Waals surface area contributed by atoms with Crippen molar-refractivity contribution in [1.29, 1.82) is 0 Å². The van der Waals surface area contributed by atoms with Crippen LogP contribution in [0.4, 0.5) is 5.69 Å². The van der Waals surface area contributed by atoms with Crippen LogP contribution in [0, 0.1) is 5.41 Å². The maximum Gasteiger partial charge on any atom is 0.344 e. The summed E-state index contributed by atoms with van der Waals surface area (Å²) in [5.74, 6) is -2.22. The van der Waals surface area contributed by atoms with Gasteiger partial charge in [-0.05, 0) is 61.1 Å². The normalized spacial score (nSPS) is 31.0. The van der Waals surface area contributed by atoms with E-state index < -0.39 is 51.9 Å². The van der Waals surface area contributed by atoms with Crippen LogP contribution in [-0.4, -0.2) is 122 Å². The third-order valence-electron chi connectivity index (χ3n) is 14.4. The fraction of sp³-hybridized carbons (Fsp3) is 0.500. The van der Waals surface area contributed by atoms with Gasteiger partial charge in [-0.25, -0.2) is 4.79 Å². The molecule has 1 aromatic heterocycles. The zero-order chi connectivity index (χ0) is 42.9. The molecule has 3 aromatic rings. The second kappa shape index (κ2) is 14.9. The summed E-state index contributed by atoms with van der Waals surface area (Å²) >= 11 is 0. The molecular formula is C46H54N4O10. The molecule has 0 unspecified atom stereocenters. The molecule has 2 N–H and O–H groups in total. The van der Waals surface area contributed by atoms with Crippen molar-refractivity contribution in [2.75, 3.05) is 52.9 Å². The van der Waals surface area contributed by atoms with Gasteiger partial charge in [-0.3, -0.25) is 24.1 Å². The summed E-state index contributed by atoms with van der Waals surface area (Å²) in [6, 6.07) is 10.0. The van der Waals surface area contributed by atoms with Crippen LogP contribution in [0.5, 0.6) is 5.75 Å². The number of carbonyl (C=O) groups is 5. The highest BCUT2D eigenvalue weighted by molar-refractivity contribution is 5.99. The van der Waals surface area contributed by atoms with Gasteiger partial charge in [0, 0.05) is 96.9 Å². The maximum atomic E-state index is 15.2. The number of likely N-dealkylation sites (N-methyl/N-ethyl adjacent to an activating group) is 1. The molecule has 1 saturated heterocycles. The molecule has 8 rings (SSSR count). The highest BCUT2D eigenvalue weighted by Crippen LogP contribution is 2.68. The Morgan fingerprint density at radius 1 is 1.02 bits per heavy atom. The van der Waals surface area contributed by atoms with Gasteiger partial charge in [-0.15, -0.1) is 0 Å². The van der Waals surface area contributed by atoms with Crippen LogP contribution in [-0.2, 0) is 55.4 Å². The van der Waals surface area contributed by atoms with E-state index in [1.54, 1.807) is 18.1 Å². The number of benzene rings is 2. The number of nitrogens with one attached hydrogen (secondary N) is 1. The van der Waals surface area contributed by atoms with Crippen LogP contribution in [0.1, 0.15) is 75.3 Å². The second-order valence-electron chi connectivity index (χ2n) is 17.0. The Morgan fingerprint density at radius 3 is 2.43 bits per heavy atom. The van der Waals surface area contributed by atoms with E-state index in [9.17, 15) is 24.3 Å². The van der Waals surface area contributed by atoms with Crippen LogP contribution in [0.3, 0.4) is 0 Å². The van der Waals surface area contributed by atoms with E-state index in [-0.39, 0.29) is 37.0 Å². The van der Waals surface area contributed by atoms with E-state index in [1.165, 1.54) is 28.3 Å². The standard InChI is InChI=1S/C46H54N4O10/c1-8-28-21-29(53)24-45(41(54)58-6,37-31(15-19-49(25-28)26-51)30-13-10-11-14-34(30)47-37)33-22-32-35(23-36(33)57-5)48(4)39-44(32)17-20-50-18-12-16-43(9-2,38(44)50)40(60-27(3)52)46(39,56)42(55)59-7/h10-14,16,22-23,25-26,38-40,47,56H,8-9,15,17-21,24H2,1-7H3/t38-,39+,40+,43+,44+,45-,46-/m0/s1. The lowest BCUT2D eigenvalue weighted by Crippen LogP contribution is -2.81. The zero-order valence-electron chi connectivity index (χ0n) is 35.3. The number of aliphatic hydroxyl groups is 1. The summed E-state index contributed by atoms with van der Waals surface area (Å²) in [4.78, 5) is 78.9. The Labute approximate surface area is 349 Å². The van der Waals surface area contributed by atoms with Crippen LogP contribution in [0.25, 0.3) is 10.9 Å². The average molecular weight is 823 g/mol. The van der Waals surface area contributed by atoms with Gasteiger partial charge in [0.15, 0.2) is 6.10 Å². The van der Waals surface area contributed by atoms with Crippen LogP contribution < -0.4 is 9.64 Å². The van der Waals surface area contributed by atoms with Gasteiger partial charge in [-0.2, -0.15) is 0 Å². The average Bonchev–Trinajstić information content (AvgIpc) is 3.90. The third kappa shape index (κ3) is 5.48. The number of fused-ring (bicyclic) bond motifs is 4. The number of rotatable bonds is 8. The van der Waals surface area contributed by atoms with Crippen molar-refractivity contribution in [2.24, 2.45) is 5.41 Å². The molecule has 318 valence electrons. The summed E-state index contributed by atoms with van der Waals surface area (Å²) in [7, 11) is 5.83. The van der Waals surface area contributed by atoms with E-state index in [0.29, 0.717) is 55.7 Å². The molecule has 4 aliphatic heterocycles. The first-order chi connectivity index (χ1) is 28.8. The fourth-order valence-electron chi connectivity index (χ4n) is 12.2. The van der Waals surface area contributed by atoms with Gasteiger partial charge in [-0.1, -0.05) is 44.2 Å². The number of anilines is 1. The number of aromatic amines is 1. The Morgan fingerprint density at radius 2 is 1.77 bits per heavy atom. The van der Waals surface area contributed by atoms with Crippen LogP contribution in [0.15, 0.2) is 60.3 Å². The molecule has 2 fully saturated rings. The van der Waals surface area contributed by atoms with Gasteiger partial charge in [0.2, 0.25) is 12.0 Å². The number of allylic oxidation sites excluding steroid dienone is 1. The number of hydrogen-bond acceptors (Lipinski definition) is 12. The number of methoxy groups -OCH3 is 3. The van der Waals surface area contributed by atoms with E-state index in [0.717, 1.165) is 34.0 Å². The van der Waals surface area contributed by atoms with Crippen molar-refractivity contribution in [3.63, 3.8) is 0 Å². The summed E-state index contributed by atoms with van der Waals surface area (Å²) in [6.45, 7) is 6.64. The molecule has 0 radical (unpaired) electrons. The predicted octanol–water partition coefficient (Wildman–Crippen LogP) is 4.24. The molecule has 0 bridgehead atoms. The fourth-order valence-corrected chi connectivity index (χ4v) is 12.2. The van der Waals surface area contributed by atoms with E-state index >= 15 is 4.79 Å². The van der Waals surface area contributed by atoms with E-state index in [1.807, 2.05) is 67.3 Å². The van der Waals surface area contributed by atoms with Crippen molar-refractivity contribution < 1.29 is 48.0 Å². The smallest absolute Gasteiger partial charge is 0.344 e. The first-order valence-corrected chi connectivity index (χ1v) is 20.7. The van der Waals surface area contributed by atoms with E-state index in [4.69, 9.17) is 18.9 Å². The van der Waals surface area contributed by atoms with Gasteiger partial charge in [0.1, 0.15) is 16.9 Å². The molecule has 1 amide bonds. The monoisotopic (exact) mass is 822 g/mol. The number of hydrogen-bond donors (Lipinski definition) is 2. The minimum Gasteiger partial charge on any atom is -0.496 e. The van der Waals surface area contributed by atoms with Gasteiger partial charge < -0.3 is 38.8 Å². The van der Waals surface area contributed by atoms with Crippen molar-refractivity contribution in [3.05, 3.63) is 82.7 Å². The number of ether oxygens (including phenoxy) is 4. The first kappa shape index (κ1) is 41.3. The lowest BCUT2D eigenvalue weighted by atomic mass is 9.47. The lowest BCUT2D eigenvalue weighted by molar-refractivity contribution is -0.228. The van der Waals surface area contributed by atoms with Crippen molar-refractivity contribution >= 4 is 46.7 Å². The molecule has 1 saturated carbocycles. The van der Waals surface area contributed by atoms with Gasteiger partial charge >= 0.3 is 17.9 Å². The molecule has 5 aliphatic rings. The Hall–Kier alpha value is -5.47. The van der Waals surface area contributed by atoms with Crippen LogP contribution >= 0.6 is 0 Å². The molecule has 1 aliphatic carbocycles. The minimum absolute atomic E-state index is 0.0107. The third-order valence-corrected chi connectivity index (χ3v) is 14.4. The first-order valence-electron chi connectivity index (χ1n) is 20.7. The quantitative estimate of drug-likeness (QED) is 0.144. The number of esters is 3. The number of para-hydroxylation sites is 1. The number of amides is 1. The van der Waals surface area contributed by atoms with Gasteiger partial charge in [0.05, 0.1) is 27.4 Å². The molecular weight excluding hydrogens is 769 g/mol. The molecule has 14 nitrogen and oxygen atoms in total. The van der Waals surface area contributed by atoms with Crippen molar-refractivity contribution in [1.82, 2.24) is 14.8 Å². The Kier molecular flexibility index (Phi) is 10.3. The predicted molar refractivity (Wildman–Crippen MR) is 221 cm³/mol. The number of Topliss-reactive ketones (excluding diaryl/α,β-unsaturated/α-hetero) is 1. The summed E-state index contributed by atoms with van der Waals surface area (Å²) in [6.07, 6.45) is 6.60. The Balaban J connectivity index is 1.47. The SMILES string of the molecule is CCC1=CN(C=O)CCc2c([nH]c3ccccc23)[C@@](C(=O)OC)(c2cc3c(cc2OC)N(C)[C@H]2[C@@](O)(C(=O)OC)[C@H](OC(C)=O)[C@]4(CC)C=CCN5CC[C@]32[C@@H]54)CC(=O)C1. The maximum absolute atomic E-state index is 15.2. The second-order valence-corrected chi connectivity index (χ2v) is 17.0. The number of aromatic nitrogens is 1. The van der Waals surface area contributed by atoms with Crippen molar-refractivity contribution in [3.8, 4) is 5.75 Å². The summed E-state index contributed by atoms with van der Waals surface area (Å²) < 4.78 is 23.6. The topological polar surface area (TPSA) is 168 Å². The van der Waals surface area contributed by atoms with Crippen molar-refractivity contribution in [2.45, 2.75) is 93.9 Å². The molecule has 60 heavy (non-hydrogen) atoms. The van der Waals surface area contributed by atoms with Crippen LogP contribution in [0.2, 0.25) is 0 Å². The number of nitrogens with zero attached hydrogens (tertiary/aromatic N) is 3. The number of H-pyrrole nitrogens is 1. The molecule has 1 spiro atoms.